The molecule has 1 aromatic heterocycles. The van der Waals surface area contributed by atoms with Crippen LogP contribution in [0.1, 0.15) is 38.1 Å². The highest BCUT2D eigenvalue weighted by atomic mass is 16.4. The third kappa shape index (κ3) is 3.94. The number of amides is 2. The second-order valence-corrected chi connectivity index (χ2v) is 4.75. The highest BCUT2D eigenvalue weighted by molar-refractivity contribution is 5.76. The summed E-state index contributed by atoms with van der Waals surface area (Å²) in [5.74, 6) is -0.0701. The number of urea groups is 1. The third-order valence-corrected chi connectivity index (χ3v) is 3.09. The molecule has 1 aliphatic carbocycles. The van der Waals surface area contributed by atoms with E-state index in [-0.39, 0.29) is 30.5 Å². The Morgan fingerprint density at radius 2 is 2.26 bits per heavy atom. The van der Waals surface area contributed by atoms with Gasteiger partial charge in [0.15, 0.2) is 0 Å². The molecule has 1 aliphatic rings. The van der Waals surface area contributed by atoms with Crippen LogP contribution >= 0.6 is 0 Å². The van der Waals surface area contributed by atoms with Gasteiger partial charge in [-0.25, -0.2) is 9.78 Å². The Hall–Kier alpha value is -2.12. The maximum atomic E-state index is 11.8. The minimum atomic E-state index is -0.902. The molecule has 2 unspecified atom stereocenters. The van der Waals surface area contributed by atoms with Crippen LogP contribution in [0.2, 0.25) is 0 Å². The number of carbonyl (C=O) groups is 2. The summed E-state index contributed by atoms with van der Waals surface area (Å²) in [6.07, 6.45) is 3.25. The summed E-state index contributed by atoms with van der Waals surface area (Å²) in [4.78, 5) is 26.5. The van der Waals surface area contributed by atoms with Gasteiger partial charge < -0.3 is 15.7 Å². The van der Waals surface area contributed by atoms with Crippen molar-refractivity contribution >= 4 is 12.0 Å². The fraction of sp³-hybridized carbons (Fsp3) is 0.636. The number of carbonyl (C=O) groups excluding carboxylic acids is 1. The summed E-state index contributed by atoms with van der Waals surface area (Å²) in [6, 6.07) is -1.01. The standard InChI is InChI=1S/C11H17N5O3/c1-6(10-12-5-13-16-10)14-11(19)15-8(4-9(17)18)7-2-3-7/h5-8H,2-4H2,1H3,(H,17,18)(H,12,13,16)(H2,14,15,19). The molecule has 0 aromatic carbocycles. The number of aromatic amines is 1. The molecule has 2 atom stereocenters. The molecule has 4 N–H and O–H groups in total. The number of nitrogens with one attached hydrogen (secondary N) is 3. The Morgan fingerprint density at radius 1 is 1.53 bits per heavy atom. The van der Waals surface area contributed by atoms with Crippen molar-refractivity contribution in [3.8, 4) is 0 Å². The summed E-state index contributed by atoms with van der Waals surface area (Å²) in [5.41, 5.74) is 0. The van der Waals surface area contributed by atoms with E-state index in [2.05, 4.69) is 25.8 Å². The Morgan fingerprint density at radius 3 is 2.79 bits per heavy atom. The van der Waals surface area contributed by atoms with Crippen LogP contribution in [0.3, 0.4) is 0 Å². The van der Waals surface area contributed by atoms with E-state index in [0.717, 1.165) is 12.8 Å². The van der Waals surface area contributed by atoms with Gasteiger partial charge in [0.25, 0.3) is 0 Å². The molecule has 0 radical (unpaired) electrons. The Kier molecular flexibility index (Phi) is 3.98. The second kappa shape index (κ2) is 5.68. The van der Waals surface area contributed by atoms with Gasteiger partial charge in [-0.05, 0) is 25.7 Å². The van der Waals surface area contributed by atoms with E-state index in [9.17, 15) is 9.59 Å². The SMILES string of the molecule is CC(NC(=O)NC(CC(=O)O)C1CC1)c1ncn[nH]1. The molecule has 1 heterocycles. The number of carboxylic acid groups (broad SMARTS) is 1. The maximum Gasteiger partial charge on any atom is 0.315 e. The smallest absolute Gasteiger partial charge is 0.315 e. The van der Waals surface area contributed by atoms with Gasteiger partial charge >= 0.3 is 12.0 Å². The molecule has 1 fully saturated rings. The topological polar surface area (TPSA) is 120 Å². The number of hydrogen-bond donors (Lipinski definition) is 4. The van der Waals surface area contributed by atoms with Crippen molar-refractivity contribution in [2.24, 2.45) is 5.92 Å². The van der Waals surface area contributed by atoms with Crippen LogP contribution in [0.4, 0.5) is 4.79 Å². The van der Waals surface area contributed by atoms with Crippen LogP contribution in [0, 0.1) is 5.92 Å². The number of nitrogens with zero attached hydrogens (tertiary/aromatic N) is 2. The number of carboxylic acids is 1. The molecule has 0 aliphatic heterocycles. The monoisotopic (exact) mass is 267 g/mol. The predicted octanol–water partition coefficient (Wildman–Crippen LogP) is 0.418. The normalized spacial score (nSPS) is 17.5. The van der Waals surface area contributed by atoms with Gasteiger partial charge in [0.05, 0.1) is 12.5 Å². The first-order chi connectivity index (χ1) is 9.06. The van der Waals surface area contributed by atoms with Crippen LogP contribution in [0.15, 0.2) is 6.33 Å². The minimum absolute atomic E-state index is 0.0469. The molecule has 1 saturated carbocycles. The first kappa shape index (κ1) is 13.3. The molecule has 1 aromatic rings. The molecular formula is C11H17N5O3. The van der Waals surface area contributed by atoms with Crippen molar-refractivity contribution in [1.82, 2.24) is 25.8 Å². The van der Waals surface area contributed by atoms with Gasteiger partial charge in [0.1, 0.15) is 12.2 Å². The van der Waals surface area contributed by atoms with Gasteiger partial charge in [0, 0.05) is 6.04 Å². The summed E-state index contributed by atoms with van der Waals surface area (Å²) in [6.45, 7) is 1.77. The molecule has 19 heavy (non-hydrogen) atoms. The van der Waals surface area contributed by atoms with E-state index in [0.29, 0.717) is 5.82 Å². The molecule has 8 nitrogen and oxygen atoms in total. The molecular weight excluding hydrogens is 250 g/mol. The van der Waals surface area contributed by atoms with E-state index in [1.54, 1.807) is 6.92 Å². The summed E-state index contributed by atoms with van der Waals surface area (Å²) < 4.78 is 0. The van der Waals surface area contributed by atoms with Crippen molar-refractivity contribution in [2.45, 2.75) is 38.3 Å². The fourth-order valence-electron chi connectivity index (χ4n) is 1.92. The summed E-state index contributed by atoms with van der Waals surface area (Å²) in [5, 5.41) is 20.6. The molecule has 0 spiro atoms. The minimum Gasteiger partial charge on any atom is -0.481 e. The maximum absolute atomic E-state index is 11.8. The Balaban J connectivity index is 1.83. The summed E-state index contributed by atoms with van der Waals surface area (Å²) >= 11 is 0. The van der Waals surface area contributed by atoms with Crippen molar-refractivity contribution in [1.29, 1.82) is 0 Å². The van der Waals surface area contributed by atoms with Gasteiger partial charge in [-0.15, -0.1) is 0 Å². The van der Waals surface area contributed by atoms with Gasteiger partial charge in [-0.1, -0.05) is 0 Å². The van der Waals surface area contributed by atoms with Crippen molar-refractivity contribution in [2.75, 3.05) is 0 Å². The Bertz CT molecular complexity index is 443. The zero-order chi connectivity index (χ0) is 13.8. The van der Waals surface area contributed by atoms with Gasteiger partial charge in [-0.3, -0.25) is 9.89 Å². The number of hydrogen-bond acceptors (Lipinski definition) is 4. The zero-order valence-electron chi connectivity index (χ0n) is 10.6. The number of H-pyrrole nitrogens is 1. The van der Waals surface area contributed by atoms with Crippen LogP contribution in [-0.4, -0.2) is 38.3 Å². The molecule has 104 valence electrons. The lowest BCUT2D eigenvalue weighted by Gasteiger charge is -2.18. The van der Waals surface area contributed by atoms with Gasteiger partial charge in [0.2, 0.25) is 0 Å². The molecule has 8 heteroatoms. The summed E-state index contributed by atoms with van der Waals surface area (Å²) in [7, 11) is 0. The molecule has 2 rings (SSSR count). The lowest BCUT2D eigenvalue weighted by molar-refractivity contribution is -0.137. The first-order valence-corrected chi connectivity index (χ1v) is 6.20. The van der Waals surface area contributed by atoms with Crippen LogP contribution < -0.4 is 10.6 Å². The van der Waals surface area contributed by atoms with E-state index in [4.69, 9.17) is 5.11 Å². The number of aliphatic carboxylic acids is 1. The zero-order valence-corrected chi connectivity index (χ0v) is 10.6. The second-order valence-electron chi connectivity index (χ2n) is 4.75. The van der Waals surface area contributed by atoms with E-state index in [1.807, 2.05) is 0 Å². The van der Waals surface area contributed by atoms with E-state index >= 15 is 0 Å². The predicted molar refractivity (Wildman–Crippen MR) is 65.2 cm³/mol. The van der Waals surface area contributed by atoms with E-state index < -0.39 is 5.97 Å². The number of aromatic nitrogens is 3. The average molecular weight is 267 g/mol. The van der Waals surface area contributed by atoms with E-state index in [1.165, 1.54) is 6.33 Å². The van der Waals surface area contributed by atoms with Crippen LogP contribution in [0.25, 0.3) is 0 Å². The van der Waals surface area contributed by atoms with Crippen molar-refractivity contribution in [3.05, 3.63) is 12.2 Å². The molecule has 0 saturated heterocycles. The molecule has 0 bridgehead atoms. The van der Waals surface area contributed by atoms with Gasteiger partial charge in [-0.2, -0.15) is 5.10 Å². The third-order valence-electron chi connectivity index (χ3n) is 3.09. The first-order valence-electron chi connectivity index (χ1n) is 6.20. The van der Waals surface area contributed by atoms with Crippen LogP contribution in [-0.2, 0) is 4.79 Å². The number of rotatable bonds is 6. The fourth-order valence-corrected chi connectivity index (χ4v) is 1.92. The lowest BCUT2D eigenvalue weighted by atomic mass is 10.1. The quantitative estimate of drug-likeness (QED) is 0.595. The molecule has 2 amide bonds. The largest absolute Gasteiger partial charge is 0.481 e. The van der Waals surface area contributed by atoms with Crippen LogP contribution in [0.5, 0.6) is 0 Å². The highest BCUT2D eigenvalue weighted by Gasteiger charge is 2.33. The Labute approximate surface area is 110 Å². The highest BCUT2D eigenvalue weighted by Crippen LogP contribution is 2.34. The van der Waals surface area contributed by atoms with Crippen molar-refractivity contribution < 1.29 is 14.7 Å². The van der Waals surface area contributed by atoms with Crippen molar-refractivity contribution in [3.63, 3.8) is 0 Å². The lowest BCUT2D eigenvalue weighted by Crippen LogP contribution is -2.45. The average Bonchev–Trinajstić information content (AvgIpc) is 3.02.